The molecule has 1 aromatic rings. The summed E-state index contributed by atoms with van der Waals surface area (Å²) in [6.07, 6.45) is 8.03. The van der Waals surface area contributed by atoms with Crippen LogP contribution in [0.15, 0.2) is 21.2 Å². The number of halogens is 2. The van der Waals surface area contributed by atoms with E-state index in [1.54, 1.807) is 0 Å². The summed E-state index contributed by atoms with van der Waals surface area (Å²) in [5, 5.41) is 4.40. The lowest BCUT2D eigenvalue weighted by Crippen LogP contribution is -2.33. The number of hydrogen-bond acceptors (Lipinski definition) is 3. The molecule has 2 rings (SSSR count). The molecule has 0 saturated heterocycles. The second-order valence-electron chi connectivity index (χ2n) is 4.27. The molecule has 2 atom stereocenters. The maximum absolute atomic E-state index is 4.43. The minimum absolute atomic E-state index is 0.641. The van der Waals surface area contributed by atoms with Crippen molar-refractivity contribution in [2.24, 2.45) is 0 Å². The van der Waals surface area contributed by atoms with Gasteiger partial charge in [-0.15, -0.1) is 0 Å². The van der Waals surface area contributed by atoms with E-state index in [4.69, 9.17) is 0 Å². The Morgan fingerprint density at radius 2 is 2.29 bits per heavy atom. The SMILES string of the molecule is CSC1CCCC1NCc1ncc(Br)cc1Br. The smallest absolute Gasteiger partial charge is 0.0684 e. The number of thioether (sulfide) groups is 1. The van der Waals surface area contributed by atoms with E-state index in [0.29, 0.717) is 6.04 Å². The monoisotopic (exact) mass is 378 g/mol. The van der Waals surface area contributed by atoms with Crippen molar-refractivity contribution in [2.75, 3.05) is 6.26 Å². The predicted molar refractivity (Wildman–Crippen MR) is 81.4 cm³/mol. The van der Waals surface area contributed by atoms with Gasteiger partial charge in [0.05, 0.1) is 5.69 Å². The summed E-state index contributed by atoms with van der Waals surface area (Å²) in [6.45, 7) is 0.843. The fourth-order valence-electron chi connectivity index (χ4n) is 2.24. The van der Waals surface area contributed by atoms with E-state index in [9.17, 15) is 0 Å². The Balaban J connectivity index is 1.93. The molecule has 2 unspecified atom stereocenters. The maximum atomic E-state index is 4.43. The fraction of sp³-hybridized carbons (Fsp3) is 0.583. The Morgan fingerprint density at radius 1 is 1.47 bits per heavy atom. The average Bonchev–Trinajstić information content (AvgIpc) is 2.75. The van der Waals surface area contributed by atoms with E-state index in [1.807, 2.05) is 24.0 Å². The topological polar surface area (TPSA) is 24.9 Å². The lowest BCUT2D eigenvalue weighted by atomic mass is 10.2. The Hall–Kier alpha value is 0.420. The van der Waals surface area contributed by atoms with Crippen LogP contribution in [-0.2, 0) is 6.54 Å². The lowest BCUT2D eigenvalue weighted by Gasteiger charge is -2.19. The summed E-state index contributed by atoms with van der Waals surface area (Å²) in [6, 6.07) is 2.69. The molecule has 0 spiro atoms. The highest BCUT2D eigenvalue weighted by Gasteiger charge is 2.25. The van der Waals surface area contributed by atoms with Gasteiger partial charge in [-0.3, -0.25) is 4.98 Å². The number of rotatable bonds is 4. The molecular weight excluding hydrogens is 364 g/mol. The van der Waals surface area contributed by atoms with Crippen molar-refractivity contribution in [3.05, 3.63) is 26.9 Å². The van der Waals surface area contributed by atoms with Crippen molar-refractivity contribution in [3.63, 3.8) is 0 Å². The van der Waals surface area contributed by atoms with E-state index in [2.05, 4.69) is 48.4 Å². The summed E-state index contributed by atoms with van der Waals surface area (Å²) in [7, 11) is 0. The van der Waals surface area contributed by atoms with E-state index in [1.165, 1.54) is 19.3 Å². The van der Waals surface area contributed by atoms with Gasteiger partial charge < -0.3 is 5.32 Å². The first kappa shape index (κ1) is 13.8. The van der Waals surface area contributed by atoms with Gasteiger partial charge in [0, 0.05) is 33.0 Å². The molecule has 1 N–H and O–H groups in total. The van der Waals surface area contributed by atoms with Crippen LogP contribution in [0.4, 0.5) is 0 Å². The van der Waals surface area contributed by atoms with Crippen LogP contribution in [0, 0.1) is 0 Å². The number of nitrogens with one attached hydrogen (secondary N) is 1. The zero-order valence-corrected chi connectivity index (χ0v) is 13.7. The number of hydrogen-bond donors (Lipinski definition) is 1. The second kappa shape index (κ2) is 6.55. The first-order valence-corrected chi connectivity index (χ1v) is 8.64. The van der Waals surface area contributed by atoms with Crippen molar-refractivity contribution in [3.8, 4) is 0 Å². The average molecular weight is 380 g/mol. The maximum Gasteiger partial charge on any atom is 0.0684 e. The molecule has 1 aliphatic carbocycles. The van der Waals surface area contributed by atoms with Gasteiger partial charge in [-0.2, -0.15) is 11.8 Å². The van der Waals surface area contributed by atoms with Crippen molar-refractivity contribution in [1.82, 2.24) is 10.3 Å². The summed E-state index contributed by atoms with van der Waals surface area (Å²) < 4.78 is 2.08. The Labute approximate surface area is 124 Å². The van der Waals surface area contributed by atoms with Crippen LogP contribution in [0.3, 0.4) is 0 Å². The first-order valence-electron chi connectivity index (χ1n) is 5.77. The minimum Gasteiger partial charge on any atom is -0.307 e. The number of pyridine rings is 1. The third kappa shape index (κ3) is 3.69. The molecule has 94 valence electrons. The van der Waals surface area contributed by atoms with Gasteiger partial charge in [0.25, 0.3) is 0 Å². The quantitative estimate of drug-likeness (QED) is 0.856. The summed E-state index contributed by atoms with van der Waals surface area (Å²) in [5.41, 5.74) is 1.08. The highest BCUT2D eigenvalue weighted by atomic mass is 79.9. The molecule has 0 aromatic carbocycles. The molecule has 0 aliphatic heterocycles. The van der Waals surface area contributed by atoms with E-state index in [0.717, 1.165) is 26.4 Å². The van der Waals surface area contributed by atoms with Gasteiger partial charge in [0.15, 0.2) is 0 Å². The van der Waals surface area contributed by atoms with Crippen LogP contribution in [0.1, 0.15) is 25.0 Å². The molecule has 1 fully saturated rings. The minimum atomic E-state index is 0.641. The molecule has 17 heavy (non-hydrogen) atoms. The molecule has 1 aliphatic rings. The van der Waals surface area contributed by atoms with Crippen molar-refractivity contribution < 1.29 is 0 Å². The number of aromatic nitrogens is 1. The molecule has 1 aromatic heterocycles. The molecule has 1 saturated carbocycles. The summed E-state index contributed by atoms with van der Waals surface area (Å²) in [4.78, 5) is 4.43. The van der Waals surface area contributed by atoms with Gasteiger partial charge in [0.2, 0.25) is 0 Å². The first-order chi connectivity index (χ1) is 8.20. The third-order valence-corrected chi connectivity index (χ3v) is 5.46. The Kier molecular flexibility index (Phi) is 5.33. The van der Waals surface area contributed by atoms with Crippen molar-refractivity contribution in [1.29, 1.82) is 0 Å². The van der Waals surface area contributed by atoms with Crippen LogP contribution in [0.5, 0.6) is 0 Å². The second-order valence-corrected chi connectivity index (χ2v) is 7.12. The van der Waals surface area contributed by atoms with Crippen molar-refractivity contribution >= 4 is 43.6 Å². The predicted octanol–water partition coefficient (Wildman–Crippen LogP) is 3.98. The molecule has 0 radical (unpaired) electrons. The van der Waals surface area contributed by atoms with Gasteiger partial charge in [-0.25, -0.2) is 0 Å². The van der Waals surface area contributed by atoms with Crippen LogP contribution >= 0.6 is 43.6 Å². The standard InChI is InChI=1S/C12H16Br2N2S/c1-17-12-4-2-3-10(12)16-7-11-9(14)5-8(13)6-15-11/h5-6,10,12,16H,2-4,7H2,1H3. The van der Waals surface area contributed by atoms with E-state index < -0.39 is 0 Å². The largest absolute Gasteiger partial charge is 0.307 e. The van der Waals surface area contributed by atoms with E-state index >= 15 is 0 Å². The molecule has 1 heterocycles. The summed E-state index contributed by atoms with van der Waals surface area (Å²) in [5.74, 6) is 0. The van der Waals surface area contributed by atoms with Crippen molar-refractivity contribution in [2.45, 2.75) is 37.1 Å². The summed E-state index contributed by atoms with van der Waals surface area (Å²) >= 11 is 8.95. The van der Waals surface area contributed by atoms with Gasteiger partial charge >= 0.3 is 0 Å². The molecule has 2 nitrogen and oxygen atoms in total. The van der Waals surface area contributed by atoms with Crippen LogP contribution in [0.2, 0.25) is 0 Å². The van der Waals surface area contributed by atoms with E-state index in [-0.39, 0.29) is 0 Å². The Morgan fingerprint density at radius 3 is 3.00 bits per heavy atom. The lowest BCUT2D eigenvalue weighted by molar-refractivity contribution is 0.526. The van der Waals surface area contributed by atoms with Gasteiger partial charge in [0.1, 0.15) is 0 Å². The highest BCUT2D eigenvalue weighted by Crippen LogP contribution is 2.29. The van der Waals surface area contributed by atoms with Crippen LogP contribution in [-0.4, -0.2) is 22.5 Å². The fourth-order valence-corrected chi connectivity index (χ4v) is 4.33. The molecular formula is C12H16Br2N2S. The number of nitrogens with zero attached hydrogens (tertiary/aromatic N) is 1. The third-order valence-electron chi connectivity index (χ3n) is 3.17. The Bertz CT molecular complexity index is 387. The van der Waals surface area contributed by atoms with Crippen LogP contribution in [0.25, 0.3) is 0 Å². The molecule has 0 bridgehead atoms. The molecule has 5 heteroatoms. The highest BCUT2D eigenvalue weighted by molar-refractivity contribution is 9.11. The normalized spacial score (nSPS) is 24.2. The van der Waals surface area contributed by atoms with Crippen LogP contribution < -0.4 is 5.32 Å². The molecule has 0 amide bonds. The zero-order chi connectivity index (χ0) is 12.3. The van der Waals surface area contributed by atoms with Gasteiger partial charge in [-0.05, 0) is 57.0 Å². The van der Waals surface area contributed by atoms with Gasteiger partial charge in [-0.1, -0.05) is 6.42 Å². The zero-order valence-electron chi connectivity index (χ0n) is 9.75.